The van der Waals surface area contributed by atoms with Crippen LogP contribution < -0.4 is 10.6 Å². The molecule has 0 radical (unpaired) electrons. The van der Waals surface area contributed by atoms with Crippen LogP contribution in [0.1, 0.15) is 59.4 Å². The third-order valence-corrected chi connectivity index (χ3v) is 7.63. The van der Waals surface area contributed by atoms with Crippen LogP contribution in [0.5, 0.6) is 0 Å². The minimum atomic E-state index is -0.660. The van der Waals surface area contributed by atoms with E-state index in [1.807, 2.05) is 4.90 Å². The zero-order valence-corrected chi connectivity index (χ0v) is 22.3. The zero-order chi connectivity index (χ0) is 27.5. The molecule has 2 aliphatic rings. The Morgan fingerprint density at radius 3 is 2.38 bits per heavy atom. The van der Waals surface area contributed by atoms with Gasteiger partial charge in [-0.25, -0.2) is 9.78 Å². The summed E-state index contributed by atoms with van der Waals surface area (Å²) < 4.78 is 10.8. The van der Waals surface area contributed by atoms with Crippen molar-refractivity contribution in [3.63, 3.8) is 0 Å². The molecule has 2 N–H and O–H groups in total. The molecule has 5 rings (SSSR count). The number of halogens is 1. The van der Waals surface area contributed by atoms with Crippen molar-refractivity contribution in [1.82, 2.24) is 9.88 Å². The van der Waals surface area contributed by atoms with Crippen molar-refractivity contribution in [3.8, 4) is 0 Å². The summed E-state index contributed by atoms with van der Waals surface area (Å²) in [6, 6.07) is 7.85. The van der Waals surface area contributed by atoms with Gasteiger partial charge in [-0.3, -0.25) is 14.4 Å². The summed E-state index contributed by atoms with van der Waals surface area (Å²) in [5.74, 6) is -1.78. The van der Waals surface area contributed by atoms with Gasteiger partial charge < -0.3 is 24.7 Å². The van der Waals surface area contributed by atoms with E-state index in [9.17, 15) is 19.2 Å². The van der Waals surface area contributed by atoms with Gasteiger partial charge in [-0.15, -0.1) is 0 Å². The van der Waals surface area contributed by atoms with Crippen molar-refractivity contribution < 1.29 is 28.3 Å². The number of nitrogens with zero attached hydrogens (tertiary/aromatic N) is 2. The maximum Gasteiger partial charge on any atom is 0.338 e. The van der Waals surface area contributed by atoms with Crippen molar-refractivity contribution in [3.05, 3.63) is 52.9 Å². The number of anilines is 2. The molecular formula is C28H29ClN4O6. The standard InChI is InChI=1S/C28H29ClN4O6/c1-38-28(37)19-5-4-6-20-22(19)23(24(39-20)26(35)31-21-12-11-18(29)15-30-21)32-25(34)16-7-9-17(10-8-16)27(36)33-13-2-3-14-33/h4-6,11-12,15-17H,2-3,7-10,13-14H2,1H3,(H,32,34)(H,30,31,35)/t16-,17-. The number of hydrogen-bond acceptors (Lipinski definition) is 7. The molecule has 0 atom stereocenters. The van der Waals surface area contributed by atoms with Gasteiger partial charge in [0, 0.05) is 31.1 Å². The normalized spacial score (nSPS) is 19.1. The van der Waals surface area contributed by atoms with Gasteiger partial charge in [0.25, 0.3) is 5.91 Å². The van der Waals surface area contributed by atoms with E-state index in [0.29, 0.717) is 30.7 Å². The van der Waals surface area contributed by atoms with E-state index in [0.717, 1.165) is 25.9 Å². The summed E-state index contributed by atoms with van der Waals surface area (Å²) in [6.45, 7) is 1.62. The first-order valence-electron chi connectivity index (χ1n) is 13.0. The molecule has 11 heteroatoms. The highest BCUT2D eigenvalue weighted by molar-refractivity contribution is 6.30. The Balaban J connectivity index is 1.39. The maximum atomic E-state index is 13.4. The number of fused-ring (bicyclic) bond motifs is 1. The van der Waals surface area contributed by atoms with Crippen molar-refractivity contribution in [2.75, 3.05) is 30.8 Å². The van der Waals surface area contributed by atoms with Crippen LogP contribution in [0.15, 0.2) is 40.9 Å². The summed E-state index contributed by atoms with van der Waals surface area (Å²) in [6.07, 6.45) is 5.82. The van der Waals surface area contributed by atoms with Crippen LogP contribution in [0, 0.1) is 11.8 Å². The smallest absolute Gasteiger partial charge is 0.338 e. The molecule has 3 aromatic rings. The molecular weight excluding hydrogens is 524 g/mol. The SMILES string of the molecule is COC(=O)c1cccc2oc(C(=O)Nc3ccc(Cl)cn3)c(NC(=O)[C@H]3CC[C@H](C(=O)N4CCCC4)CC3)c12. The second-order valence-electron chi connectivity index (χ2n) is 9.86. The van der Waals surface area contributed by atoms with E-state index in [1.54, 1.807) is 18.2 Å². The molecule has 0 bridgehead atoms. The fourth-order valence-electron chi connectivity index (χ4n) is 5.35. The lowest BCUT2D eigenvalue weighted by molar-refractivity contribution is -0.136. The van der Waals surface area contributed by atoms with Crippen molar-refractivity contribution in [2.45, 2.75) is 38.5 Å². The summed E-state index contributed by atoms with van der Waals surface area (Å²) in [4.78, 5) is 58.0. The van der Waals surface area contributed by atoms with Crippen LogP contribution in [-0.4, -0.2) is 53.8 Å². The number of esters is 1. The van der Waals surface area contributed by atoms with E-state index < -0.39 is 11.9 Å². The van der Waals surface area contributed by atoms with E-state index in [4.69, 9.17) is 20.8 Å². The number of rotatable bonds is 6. The number of nitrogens with one attached hydrogen (secondary N) is 2. The van der Waals surface area contributed by atoms with Crippen molar-refractivity contribution in [1.29, 1.82) is 0 Å². The lowest BCUT2D eigenvalue weighted by Gasteiger charge is -2.29. The van der Waals surface area contributed by atoms with Gasteiger partial charge in [-0.1, -0.05) is 17.7 Å². The third kappa shape index (κ3) is 5.61. The summed E-state index contributed by atoms with van der Waals surface area (Å²) in [5.41, 5.74) is 0.470. The summed E-state index contributed by atoms with van der Waals surface area (Å²) in [7, 11) is 1.25. The van der Waals surface area contributed by atoms with Crippen LogP contribution in [0.2, 0.25) is 5.02 Å². The minimum Gasteiger partial charge on any atom is -0.465 e. The number of likely N-dealkylation sites (tertiary alicyclic amines) is 1. The number of methoxy groups -OCH3 is 1. The first-order valence-corrected chi connectivity index (χ1v) is 13.4. The molecule has 10 nitrogen and oxygen atoms in total. The fraction of sp³-hybridized carbons (Fsp3) is 0.393. The predicted octanol–water partition coefficient (Wildman–Crippen LogP) is 4.89. The second-order valence-corrected chi connectivity index (χ2v) is 10.3. The van der Waals surface area contributed by atoms with Crippen LogP contribution in [-0.2, 0) is 14.3 Å². The lowest BCUT2D eigenvalue weighted by atomic mass is 9.81. The van der Waals surface area contributed by atoms with Gasteiger partial charge in [-0.05, 0) is 62.8 Å². The largest absolute Gasteiger partial charge is 0.465 e. The van der Waals surface area contributed by atoms with Gasteiger partial charge in [0.2, 0.25) is 17.6 Å². The Hall–Kier alpha value is -3.92. The molecule has 1 aliphatic carbocycles. The van der Waals surface area contributed by atoms with Crippen molar-refractivity contribution >= 4 is 57.8 Å². The second kappa shape index (κ2) is 11.4. The molecule has 1 aliphatic heterocycles. The fourth-order valence-corrected chi connectivity index (χ4v) is 5.47. The number of amides is 3. The van der Waals surface area contributed by atoms with E-state index in [-0.39, 0.29) is 57.4 Å². The van der Waals surface area contributed by atoms with Gasteiger partial charge in [0.1, 0.15) is 17.1 Å². The molecule has 2 fully saturated rings. The number of ether oxygens (including phenoxy) is 1. The van der Waals surface area contributed by atoms with Crippen LogP contribution >= 0.6 is 11.6 Å². The van der Waals surface area contributed by atoms with Gasteiger partial charge in [0.05, 0.1) is 23.1 Å². The monoisotopic (exact) mass is 552 g/mol. The molecule has 2 aromatic heterocycles. The number of pyridine rings is 1. The zero-order valence-electron chi connectivity index (χ0n) is 21.5. The topological polar surface area (TPSA) is 131 Å². The van der Waals surface area contributed by atoms with E-state index in [2.05, 4.69) is 15.6 Å². The molecule has 39 heavy (non-hydrogen) atoms. The molecule has 204 valence electrons. The van der Waals surface area contributed by atoms with Crippen LogP contribution in [0.3, 0.4) is 0 Å². The molecule has 1 saturated heterocycles. The van der Waals surface area contributed by atoms with Crippen LogP contribution in [0.4, 0.5) is 11.5 Å². The average Bonchev–Trinajstić information content (AvgIpc) is 3.62. The number of carbonyl (C=O) groups excluding carboxylic acids is 4. The summed E-state index contributed by atoms with van der Waals surface area (Å²) in [5, 5.41) is 6.17. The highest BCUT2D eigenvalue weighted by atomic mass is 35.5. The van der Waals surface area contributed by atoms with Gasteiger partial charge in [-0.2, -0.15) is 0 Å². The maximum absolute atomic E-state index is 13.4. The Bertz CT molecular complexity index is 1410. The van der Waals surface area contributed by atoms with Gasteiger partial charge >= 0.3 is 5.97 Å². The quantitative estimate of drug-likeness (QED) is 0.416. The molecule has 1 saturated carbocycles. The molecule has 3 heterocycles. The van der Waals surface area contributed by atoms with Crippen LogP contribution in [0.25, 0.3) is 11.0 Å². The third-order valence-electron chi connectivity index (χ3n) is 7.41. The van der Waals surface area contributed by atoms with Gasteiger partial charge in [0.15, 0.2) is 0 Å². The Morgan fingerprint density at radius 1 is 1.00 bits per heavy atom. The first-order chi connectivity index (χ1) is 18.9. The van der Waals surface area contributed by atoms with E-state index in [1.165, 1.54) is 25.4 Å². The number of carbonyl (C=O) groups is 4. The lowest BCUT2D eigenvalue weighted by Crippen LogP contribution is -2.37. The Labute approximate surface area is 230 Å². The summed E-state index contributed by atoms with van der Waals surface area (Å²) >= 11 is 5.89. The average molecular weight is 553 g/mol. The highest BCUT2D eigenvalue weighted by Crippen LogP contribution is 2.37. The minimum absolute atomic E-state index is 0.0685. The Kier molecular flexibility index (Phi) is 7.83. The number of furan rings is 1. The molecule has 0 unspecified atom stereocenters. The van der Waals surface area contributed by atoms with Crippen molar-refractivity contribution in [2.24, 2.45) is 11.8 Å². The number of aromatic nitrogens is 1. The highest BCUT2D eigenvalue weighted by Gasteiger charge is 2.34. The van der Waals surface area contributed by atoms with E-state index >= 15 is 0 Å². The number of hydrogen-bond donors (Lipinski definition) is 2. The molecule has 0 spiro atoms. The number of benzene rings is 1. The first kappa shape index (κ1) is 26.7. The predicted molar refractivity (Wildman–Crippen MR) is 145 cm³/mol. The molecule has 1 aromatic carbocycles. The molecule has 3 amide bonds. The Morgan fingerprint density at radius 2 is 1.72 bits per heavy atom.